The Labute approximate surface area is 192 Å². The number of aromatic nitrogens is 2. The van der Waals surface area contributed by atoms with Crippen LogP contribution in [0.4, 0.5) is 5.69 Å². The Morgan fingerprint density at radius 1 is 1.03 bits per heavy atom. The lowest BCUT2D eigenvalue weighted by molar-refractivity contribution is -0.116. The SMILES string of the molecule is COC(=O)c1ccccc1NC(=O)Cn1c(=O)n(-c2ccc(C)c(C)c2)c(=O)c2sccc21. The van der Waals surface area contributed by atoms with Gasteiger partial charge in [-0.1, -0.05) is 18.2 Å². The van der Waals surface area contributed by atoms with E-state index in [0.717, 1.165) is 15.7 Å². The smallest absolute Gasteiger partial charge is 0.339 e. The number of carbonyl (C=O) groups is 2. The van der Waals surface area contributed by atoms with Crippen molar-refractivity contribution < 1.29 is 14.3 Å². The van der Waals surface area contributed by atoms with Crippen molar-refractivity contribution in [3.63, 3.8) is 0 Å². The van der Waals surface area contributed by atoms with Gasteiger partial charge in [-0.05, 0) is 60.7 Å². The first-order chi connectivity index (χ1) is 15.8. The number of carbonyl (C=O) groups excluding carboxylic acids is 2. The van der Waals surface area contributed by atoms with Crippen LogP contribution in [0.2, 0.25) is 0 Å². The Morgan fingerprint density at radius 2 is 1.79 bits per heavy atom. The number of thiophene rings is 1. The number of hydrogen-bond donors (Lipinski definition) is 1. The highest BCUT2D eigenvalue weighted by Gasteiger charge is 2.19. The summed E-state index contributed by atoms with van der Waals surface area (Å²) in [4.78, 5) is 51.4. The molecule has 9 heteroatoms. The molecule has 168 valence electrons. The summed E-state index contributed by atoms with van der Waals surface area (Å²) in [7, 11) is 1.25. The number of hydrogen-bond acceptors (Lipinski definition) is 6. The van der Waals surface area contributed by atoms with Crippen molar-refractivity contribution in [3.8, 4) is 5.69 Å². The highest BCUT2D eigenvalue weighted by atomic mass is 32.1. The van der Waals surface area contributed by atoms with Crippen molar-refractivity contribution in [1.82, 2.24) is 9.13 Å². The number of methoxy groups -OCH3 is 1. The fourth-order valence-corrected chi connectivity index (χ4v) is 4.37. The van der Waals surface area contributed by atoms with Gasteiger partial charge in [-0.25, -0.2) is 14.2 Å². The van der Waals surface area contributed by atoms with Crippen molar-refractivity contribution >= 4 is 39.1 Å². The number of benzene rings is 2. The average molecular weight is 464 g/mol. The largest absolute Gasteiger partial charge is 0.465 e. The molecular weight excluding hydrogens is 442 g/mol. The van der Waals surface area contributed by atoms with Gasteiger partial charge < -0.3 is 10.1 Å². The quantitative estimate of drug-likeness (QED) is 0.458. The fraction of sp³-hybridized carbons (Fsp3) is 0.167. The molecule has 1 amide bonds. The lowest BCUT2D eigenvalue weighted by atomic mass is 10.1. The summed E-state index contributed by atoms with van der Waals surface area (Å²) in [5, 5.41) is 4.37. The summed E-state index contributed by atoms with van der Waals surface area (Å²) in [6, 6.07) is 13.4. The van der Waals surface area contributed by atoms with Gasteiger partial charge in [-0.2, -0.15) is 0 Å². The van der Waals surface area contributed by atoms with Crippen LogP contribution in [0.1, 0.15) is 21.5 Å². The first kappa shape index (κ1) is 22.2. The molecule has 0 bridgehead atoms. The monoisotopic (exact) mass is 463 g/mol. The predicted octanol–water partition coefficient (Wildman–Crippen LogP) is 3.26. The topological polar surface area (TPSA) is 99.4 Å². The zero-order valence-corrected chi connectivity index (χ0v) is 19.1. The van der Waals surface area contributed by atoms with E-state index in [2.05, 4.69) is 5.32 Å². The van der Waals surface area contributed by atoms with Gasteiger partial charge in [0.25, 0.3) is 5.56 Å². The zero-order chi connectivity index (χ0) is 23.7. The molecule has 0 spiro atoms. The molecule has 4 aromatic rings. The molecule has 2 heterocycles. The van der Waals surface area contributed by atoms with E-state index < -0.39 is 23.1 Å². The van der Waals surface area contributed by atoms with Crippen molar-refractivity contribution in [2.75, 3.05) is 12.4 Å². The summed E-state index contributed by atoms with van der Waals surface area (Å²) >= 11 is 1.21. The summed E-state index contributed by atoms with van der Waals surface area (Å²) in [6.45, 7) is 3.50. The van der Waals surface area contributed by atoms with Gasteiger partial charge in [-0.15, -0.1) is 11.3 Å². The summed E-state index contributed by atoms with van der Waals surface area (Å²) in [5.74, 6) is -1.11. The first-order valence-electron chi connectivity index (χ1n) is 10.1. The minimum absolute atomic E-state index is 0.196. The average Bonchev–Trinajstić information content (AvgIpc) is 3.29. The number of ether oxygens (including phenoxy) is 1. The number of nitrogens with one attached hydrogen (secondary N) is 1. The van der Waals surface area contributed by atoms with Gasteiger partial charge in [0.1, 0.15) is 11.2 Å². The third-order valence-electron chi connectivity index (χ3n) is 5.41. The molecule has 0 aliphatic heterocycles. The number of esters is 1. The normalized spacial score (nSPS) is 10.9. The Bertz CT molecular complexity index is 1510. The van der Waals surface area contributed by atoms with Crippen molar-refractivity contribution in [3.05, 3.63) is 91.4 Å². The van der Waals surface area contributed by atoms with Crippen LogP contribution in [0, 0.1) is 13.8 Å². The number of fused-ring (bicyclic) bond motifs is 1. The standard InChI is InChI=1S/C24H21N3O5S/c1-14-8-9-16(12-15(14)2)27-22(29)21-19(10-11-33-21)26(24(27)31)13-20(28)25-18-7-5-4-6-17(18)23(30)32-3/h4-12H,13H2,1-3H3,(H,25,28). The molecule has 0 aliphatic rings. The van der Waals surface area contributed by atoms with Crippen molar-refractivity contribution in [1.29, 1.82) is 0 Å². The molecule has 2 aromatic heterocycles. The Hall–Kier alpha value is -3.98. The van der Waals surface area contributed by atoms with Crippen LogP contribution in [-0.2, 0) is 16.1 Å². The van der Waals surface area contributed by atoms with E-state index in [4.69, 9.17) is 4.74 Å². The maximum absolute atomic E-state index is 13.4. The zero-order valence-electron chi connectivity index (χ0n) is 18.2. The van der Waals surface area contributed by atoms with Crippen molar-refractivity contribution in [2.45, 2.75) is 20.4 Å². The van der Waals surface area contributed by atoms with Gasteiger partial charge in [0.15, 0.2) is 0 Å². The third-order valence-corrected chi connectivity index (χ3v) is 6.30. The number of para-hydroxylation sites is 1. The van der Waals surface area contributed by atoms with E-state index in [0.29, 0.717) is 15.9 Å². The molecule has 0 aliphatic carbocycles. The van der Waals surface area contributed by atoms with Crippen LogP contribution >= 0.6 is 11.3 Å². The molecule has 0 unspecified atom stereocenters. The second kappa shape index (κ2) is 8.87. The number of nitrogens with zero attached hydrogens (tertiary/aromatic N) is 2. The highest BCUT2D eigenvalue weighted by Crippen LogP contribution is 2.19. The molecule has 0 saturated heterocycles. The number of rotatable bonds is 5. The van der Waals surface area contributed by atoms with Gasteiger partial charge >= 0.3 is 11.7 Å². The Morgan fingerprint density at radius 3 is 2.52 bits per heavy atom. The Kier molecular flexibility index (Phi) is 5.97. The molecule has 1 N–H and O–H groups in total. The predicted molar refractivity (Wildman–Crippen MR) is 128 cm³/mol. The number of anilines is 1. The van der Waals surface area contributed by atoms with Gasteiger partial charge in [0.05, 0.1) is 29.6 Å². The second-order valence-electron chi connectivity index (χ2n) is 7.50. The first-order valence-corrected chi connectivity index (χ1v) is 11.0. The lowest BCUT2D eigenvalue weighted by Gasteiger charge is -2.14. The van der Waals surface area contributed by atoms with E-state index in [1.165, 1.54) is 29.1 Å². The molecule has 33 heavy (non-hydrogen) atoms. The molecule has 0 radical (unpaired) electrons. The molecule has 8 nitrogen and oxygen atoms in total. The van der Waals surface area contributed by atoms with Gasteiger partial charge in [0, 0.05) is 0 Å². The summed E-state index contributed by atoms with van der Waals surface area (Å²) in [5.41, 5.74) is 2.21. The van der Waals surface area contributed by atoms with Crippen molar-refractivity contribution in [2.24, 2.45) is 0 Å². The number of aryl methyl sites for hydroxylation is 2. The van der Waals surface area contributed by atoms with Crippen LogP contribution in [-0.4, -0.2) is 28.1 Å². The van der Waals surface area contributed by atoms with Crippen LogP contribution in [0.25, 0.3) is 15.9 Å². The maximum Gasteiger partial charge on any atom is 0.339 e. The van der Waals surface area contributed by atoms with E-state index >= 15 is 0 Å². The Balaban J connectivity index is 1.78. The molecule has 4 rings (SSSR count). The minimum Gasteiger partial charge on any atom is -0.465 e. The van der Waals surface area contributed by atoms with E-state index in [-0.39, 0.29) is 17.8 Å². The molecular formula is C24H21N3O5S. The number of amides is 1. The fourth-order valence-electron chi connectivity index (χ4n) is 3.55. The van der Waals surface area contributed by atoms with Crippen LogP contribution < -0.4 is 16.6 Å². The van der Waals surface area contributed by atoms with Gasteiger partial charge in [-0.3, -0.25) is 14.2 Å². The maximum atomic E-state index is 13.4. The molecule has 0 saturated carbocycles. The highest BCUT2D eigenvalue weighted by molar-refractivity contribution is 7.17. The summed E-state index contributed by atoms with van der Waals surface area (Å²) < 4.78 is 7.47. The molecule has 0 fully saturated rings. The van der Waals surface area contributed by atoms with Crippen LogP contribution in [0.15, 0.2) is 63.5 Å². The molecule has 0 atom stereocenters. The summed E-state index contributed by atoms with van der Waals surface area (Å²) in [6.07, 6.45) is 0. The van der Waals surface area contributed by atoms with E-state index in [9.17, 15) is 19.2 Å². The van der Waals surface area contributed by atoms with Gasteiger partial charge in [0.2, 0.25) is 5.91 Å². The van der Waals surface area contributed by atoms with Crippen LogP contribution in [0.5, 0.6) is 0 Å². The van der Waals surface area contributed by atoms with E-state index in [1.807, 2.05) is 19.9 Å². The van der Waals surface area contributed by atoms with E-state index in [1.54, 1.807) is 41.8 Å². The second-order valence-corrected chi connectivity index (χ2v) is 8.41. The molecule has 2 aromatic carbocycles. The van der Waals surface area contributed by atoms with Crippen LogP contribution in [0.3, 0.4) is 0 Å². The third kappa shape index (κ3) is 4.10. The lowest BCUT2D eigenvalue weighted by Crippen LogP contribution is -2.40. The minimum atomic E-state index is -0.620.